The van der Waals surface area contributed by atoms with Gasteiger partial charge in [0.25, 0.3) is 0 Å². The molecule has 20 heavy (non-hydrogen) atoms. The first kappa shape index (κ1) is 14.8. The van der Waals surface area contributed by atoms with E-state index in [1.54, 1.807) is 4.90 Å². The zero-order valence-electron chi connectivity index (χ0n) is 11.9. The first-order valence-corrected chi connectivity index (χ1v) is 7.03. The van der Waals surface area contributed by atoms with Crippen LogP contribution < -0.4 is 0 Å². The van der Waals surface area contributed by atoms with Gasteiger partial charge in [-0.2, -0.15) is 0 Å². The number of rotatable bonds is 3. The minimum Gasteiger partial charge on any atom is -0.481 e. The van der Waals surface area contributed by atoms with Gasteiger partial charge in [-0.25, -0.2) is 0 Å². The van der Waals surface area contributed by atoms with Gasteiger partial charge in [0.05, 0.1) is 18.9 Å². The number of carboxylic acid groups (broad SMARTS) is 1. The van der Waals surface area contributed by atoms with Crippen LogP contribution in [-0.4, -0.2) is 48.1 Å². The molecule has 0 aromatic heterocycles. The van der Waals surface area contributed by atoms with E-state index in [2.05, 4.69) is 0 Å². The SMILES string of the molecule is COC(=O)C1CN(C(=O)C2CCC(C(=O)O)C2)CC1C. The first-order valence-electron chi connectivity index (χ1n) is 7.03. The van der Waals surface area contributed by atoms with Crippen LogP contribution in [0.2, 0.25) is 0 Å². The molecule has 1 amide bonds. The second-order valence-corrected chi connectivity index (χ2v) is 5.90. The van der Waals surface area contributed by atoms with E-state index in [9.17, 15) is 14.4 Å². The molecule has 2 rings (SSSR count). The van der Waals surface area contributed by atoms with Crippen LogP contribution >= 0.6 is 0 Å². The Kier molecular flexibility index (Phi) is 4.30. The van der Waals surface area contributed by atoms with E-state index in [4.69, 9.17) is 9.84 Å². The molecule has 6 heteroatoms. The molecule has 1 saturated carbocycles. The summed E-state index contributed by atoms with van der Waals surface area (Å²) >= 11 is 0. The van der Waals surface area contributed by atoms with E-state index in [0.29, 0.717) is 32.4 Å². The summed E-state index contributed by atoms with van der Waals surface area (Å²) in [4.78, 5) is 36.6. The van der Waals surface area contributed by atoms with Crippen molar-refractivity contribution >= 4 is 17.8 Å². The summed E-state index contributed by atoms with van der Waals surface area (Å²) in [6.07, 6.45) is 1.61. The summed E-state index contributed by atoms with van der Waals surface area (Å²) in [6, 6.07) is 0. The maximum absolute atomic E-state index is 12.4. The smallest absolute Gasteiger partial charge is 0.310 e. The lowest BCUT2D eigenvalue weighted by atomic mass is 9.99. The molecule has 0 aromatic rings. The summed E-state index contributed by atoms with van der Waals surface area (Å²) in [7, 11) is 1.36. The van der Waals surface area contributed by atoms with Crippen molar-refractivity contribution in [3.05, 3.63) is 0 Å². The van der Waals surface area contributed by atoms with Crippen molar-refractivity contribution in [1.82, 2.24) is 4.90 Å². The second kappa shape index (κ2) is 5.81. The Morgan fingerprint density at radius 3 is 2.35 bits per heavy atom. The van der Waals surface area contributed by atoms with E-state index in [1.807, 2.05) is 6.92 Å². The van der Waals surface area contributed by atoms with Crippen molar-refractivity contribution in [3.8, 4) is 0 Å². The Bertz CT molecular complexity index is 422. The van der Waals surface area contributed by atoms with Crippen molar-refractivity contribution in [3.63, 3.8) is 0 Å². The standard InChI is InChI=1S/C14H21NO5/c1-8-6-15(7-11(8)14(19)20-2)12(16)9-3-4-10(5-9)13(17)18/h8-11H,3-7H2,1-2H3,(H,17,18). The lowest BCUT2D eigenvalue weighted by Crippen LogP contribution is -2.34. The fraction of sp³-hybridized carbons (Fsp3) is 0.786. The molecule has 1 heterocycles. The number of likely N-dealkylation sites (tertiary alicyclic amines) is 1. The van der Waals surface area contributed by atoms with Gasteiger partial charge >= 0.3 is 11.9 Å². The molecule has 1 aliphatic carbocycles. The lowest BCUT2D eigenvalue weighted by Gasteiger charge is -2.20. The fourth-order valence-electron chi connectivity index (χ4n) is 3.29. The monoisotopic (exact) mass is 283 g/mol. The number of carboxylic acids is 1. The van der Waals surface area contributed by atoms with Gasteiger partial charge in [-0.15, -0.1) is 0 Å². The Balaban J connectivity index is 1.95. The second-order valence-electron chi connectivity index (χ2n) is 5.90. The molecular formula is C14H21NO5. The minimum absolute atomic E-state index is 0.00740. The number of carbonyl (C=O) groups is 3. The van der Waals surface area contributed by atoms with Crippen molar-refractivity contribution in [2.75, 3.05) is 20.2 Å². The molecule has 1 N–H and O–H groups in total. The van der Waals surface area contributed by atoms with Gasteiger partial charge < -0.3 is 14.7 Å². The van der Waals surface area contributed by atoms with Crippen molar-refractivity contribution < 1.29 is 24.2 Å². The molecule has 0 aromatic carbocycles. The predicted molar refractivity (Wildman–Crippen MR) is 69.7 cm³/mol. The number of esters is 1. The summed E-state index contributed by atoms with van der Waals surface area (Å²) in [5.41, 5.74) is 0. The van der Waals surface area contributed by atoms with Gasteiger partial charge in [0.1, 0.15) is 0 Å². The Morgan fingerprint density at radius 1 is 1.15 bits per heavy atom. The first-order chi connectivity index (χ1) is 9.43. The summed E-state index contributed by atoms with van der Waals surface area (Å²) < 4.78 is 4.75. The third kappa shape index (κ3) is 2.78. The topological polar surface area (TPSA) is 83.9 Å². The van der Waals surface area contributed by atoms with Gasteiger partial charge in [-0.05, 0) is 25.2 Å². The van der Waals surface area contributed by atoms with Crippen LogP contribution in [0.5, 0.6) is 0 Å². The Labute approximate surface area is 118 Å². The molecule has 4 unspecified atom stereocenters. The zero-order valence-corrected chi connectivity index (χ0v) is 11.9. The largest absolute Gasteiger partial charge is 0.481 e. The van der Waals surface area contributed by atoms with Gasteiger partial charge in [-0.3, -0.25) is 14.4 Å². The van der Waals surface area contributed by atoms with Crippen LogP contribution in [0.15, 0.2) is 0 Å². The predicted octanol–water partition coefficient (Wildman–Crippen LogP) is 0.755. The third-order valence-corrected chi connectivity index (χ3v) is 4.56. The normalized spacial score (nSPS) is 33.2. The maximum Gasteiger partial charge on any atom is 0.310 e. The highest BCUT2D eigenvalue weighted by Crippen LogP contribution is 2.34. The van der Waals surface area contributed by atoms with E-state index in [1.165, 1.54) is 7.11 Å². The highest BCUT2D eigenvalue weighted by atomic mass is 16.5. The van der Waals surface area contributed by atoms with E-state index < -0.39 is 11.9 Å². The van der Waals surface area contributed by atoms with Crippen LogP contribution in [-0.2, 0) is 19.1 Å². The van der Waals surface area contributed by atoms with E-state index in [0.717, 1.165) is 0 Å². The fourth-order valence-corrected chi connectivity index (χ4v) is 3.29. The number of hydrogen-bond acceptors (Lipinski definition) is 4. The number of nitrogens with zero attached hydrogens (tertiary/aromatic N) is 1. The molecule has 4 atom stereocenters. The number of carbonyl (C=O) groups excluding carboxylic acids is 2. The molecule has 6 nitrogen and oxygen atoms in total. The highest BCUT2D eigenvalue weighted by Gasteiger charge is 2.42. The number of aliphatic carboxylic acids is 1. The number of methoxy groups -OCH3 is 1. The van der Waals surface area contributed by atoms with E-state index >= 15 is 0 Å². The molecule has 0 spiro atoms. The molecule has 1 aliphatic heterocycles. The quantitative estimate of drug-likeness (QED) is 0.773. The Morgan fingerprint density at radius 2 is 1.80 bits per heavy atom. The molecule has 0 bridgehead atoms. The number of amides is 1. The molecule has 2 fully saturated rings. The minimum atomic E-state index is -0.817. The average molecular weight is 283 g/mol. The average Bonchev–Trinajstić information content (AvgIpc) is 3.03. The maximum atomic E-state index is 12.4. The van der Waals surface area contributed by atoms with Crippen LogP contribution in [0, 0.1) is 23.7 Å². The van der Waals surface area contributed by atoms with Gasteiger partial charge in [-0.1, -0.05) is 6.92 Å². The van der Waals surface area contributed by atoms with Gasteiger partial charge in [0.15, 0.2) is 0 Å². The van der Waals surface area contributed by atoms with Crippen molar-refractivity contribution in [2.24, 2.45) is 23.7 Å². The van der Waals surface area contributed by atoms with Crippen molar-refractivity contribution in [2.45, 2.75) is 26.2 Å². The molecule has 2 aliphatic rings. The lowest BCUT2D eigenvalue weighted by molar-refractivity contribution is -0.146. The molecular weight excluding hydrogens is 262 g/mol. The van der Waals surface area contributed by atoms with Crippen LogP contribution in [0.3, 0.4) is 0 Å². The van der Waals surface area contributed by atoms with Crippen LogP contribution in [0.4, 0.5) is 0 Å². The van der Waals surface area contributed by atoms with Gasteiger partial charge in [0.2, 0.25) is 5.91 Å². The Hall–Kier alpha value is -1.59. The summed E-state index contributed by atoms with van der Waals surface area (Å²) in [6.45, 7) is 2.87. The van der Waals surface area contributed by atoms with Crippen LogP contribution in [0.25, 0.3) is 0 Å². The number of hydrogen-bond donors (Lipinski definition) is 1. The molecule has 112 valence electrons. The summed E-state index contributed by atoms with van der Waals surface area (Å²) in [5, 5.41) is 8.98. The zero-order chi connectivity index (χ0) is 14.9. The molecule has 1 saturated heterocycles. The van der Waals surface area contributed by atoms with Gasteiger partial charge in [0, 0.05) is 19.0 Å². The number of ether oxygens (including phenoxy) is 1. The third-order valence-electron chi connectivity index (χ3n) is 4.56. The van der Waals surface area contributed by atoms with Crippen molar-refractivity contribution in [1.29, 1.82) is 0 Å². The highest BCUT2D eigenvalue weighted by molar-refractivity contribution is 5.82. The molecule has 0 radical (unpaired) electrons. The van der Waals surface area contributed by atoms with Crippen LogP contribution in [0.1, 0.15) is 26.2 Å². The van der Waals surface area contributed by atoms with E-state index in [-0.39, 0.29) is 29.6 Å². The summed E-state index contributed by atoms with van der Waals surface area (Å²) in [5.74, 6) is -1.89.